The van der Waals surface area contributed by atoms with Crippen LogP contribution in [0.1, 0.15) is 26.7 Å². The summed E-state index contributed by atoms with van der Waals surface area (Å²) in [5.41, 5.74) is 0.413. The molecule has 4 heteroatoms. The lowest BCUT2D eigenvalue weighted by molar-refractivity contribution is -0.199. The Morgan fingerprint density at radius 3 is 2.27 bits per heavy atom. The van der Waals surface area contributed by atoms with E-state index in [0.717, 1.165) is 0 Å². The summed E-state index contributed by atoms with van der Waals surface area (Å²) in [6.45, 7) is 7.31. The molecule has 0 radical (unpaired) electrons. The van der Waals surface area contributed by atoms with Gasteiger partial charge < -0.3 is 14.2 Å². The Kier molecular flexibility index (Phi) is 6.20. The molecule has 0 bridgehead atoms. The second-order valence-corrected chi connectivity index (χ2v) is 3.56. The second-order valence-electron chi connectivity index (χ2n) is 3.56. The lowest BCUT2D eigenvalue weighted by Gasteiger charge is -2.26. The van der Waals surface area contributed by atoms with E-state index in [4.69, 9.17) is 14.2 Å². The quantitative estimate of drug-likeness (QED) is 0.282. The Labute approximate surface area is 91.2 Å². The Morgan fingerprint density at radius 2 is 1.87 bits per heavy atom. The molecule has 0 rings (SSSR count). The van der Waals surface area contributed by atoms with Crippen molar-refractivity contribution in [3.05, 3.63) is 12.2 Å². The SMILES string of the molecule is C=C(C)C(=O)OCCCC(C)(OC)OC. The molecule has 0 amide bonds. The average molecular weight is 216 g/mol. The van der Waals surface area contributed by atoms with E-state index < -0.39 is 5.79 Å². The van der Waals surface area contributed by atoms with Gasteiger partial charge in [-0.3, -0.25) is 0 Å². The first kappa shape index (κ1) is 14.1. The highest BCUT2D eigenvalue weighted by Crippen LogP contribution is 2.17. The zero-order valence-electron chi connectivity index (χ0n) is 9.96. The van der Waals surface area contributed by atoms with Crippen molar-refractivity contribution in [2.24, 2.45) is 0 Å². The molecule has 0 aromatic carbocycles. The highest BCUT2D eigenvalue weighted by molar-refractivity contribution is 5.86. The van der Waals surface area contributed by atoms with E-state index in [0.29, 0.717) is 25.0 Å². The van der Waals surface area contributed by atoms with Crippen LogP contribution < -0.4 is 0 Å². The molecular formula is C11H20O4. The zero-order chi connectivity index (χ0) is 11.9. The molecule has 0 fully saturated rings. The third kappa shape index (κ3) is 5.54. The molecule has 0 aromatic rings. The van der Waals surface area contributed by atoms with Crippen LogP contribution in [0.5, 0.6) is 0 Å². The molecule has 0 unspecified atom stereocenters. The largest absolute Gasteiger partial charge is 0.462 e. The normalized spacial score (nSPS) is 11.2. The predicted molar refractivity (Wildman–Crippen MR) is 57.4 cm³/mol. The summed E-state index contributed by atoms with van der Waals surface area (Å²) in [4.78, 5) is 11.0. The van der Waals surface area contributed by atoms with Gasteiger partial charge in [-0.25, -0.2) is 4.79 Å². The van der Waals surface area contributed by atoms with Crippen LogP contribution in [0.15, 0.2) is 12.2 Å². The van der Waals surface area contributed by atoms with E-state index in [1.807, 2.05) is 6.92 Å². The van der Waals surface area contributed by atoms with Crippen LogP contribution in [0, 0.1) is 0 Å². The van der Waals surface area contributed by atoms with Crippen molar-refractivity contribution >= 4 is 5.97 Å². The summed E-state index contributed by atoms with van der Waals surface area (Å²) < 4.78 is 15.3. The first-order chi connectivity index (χ1) is 6.95. The van der Waals surface area contributed by atoms with E-state index in [-0.39, 0.29) is 5.97 Å². The molecule has 0 spiro atoms. The van der Waals surface area contributed by atoms with Gasteiger partial charge in [0.05, 0.1) is 6.61 Å². The first-order valence-corrected chi connectivity index (χ1v) is 4.88. The summed E-state index contributed by atoms with van der Waals surface area (Å²) >= 11 is 0. The minimum atomic E-state index is -0.602. The number of rotatable bonds is 7. The smallest absolute Gasteiger partial charge is 0.333 e. The molecule has 4 nitrogen and oxygen atoms in total. The highest BCUT2D eigenvalue weighted by Gasteiger charge is 2.21. The molecule has 15 heavy (non-hydrogen) atoms. The third-order valence-electron chi connectivity index (χ3n) is 2.22. The molecule has 0 aliphatic heterocycles. The highest BCUT2D eigenvalue weighted by atomic mass is 16.7. The first-order valence-electron chi connectivity index (χ1n) is 4.88. The van der Waals surface area contributed by atoms with Crippen LogP contribution in [-0.2, 0) is 19.0 Å². The summed E-state index contributed by atoms with van der Waals surface area (Å²) in [7, 11) is 3.17. The number of carbonyl (C=O) groups excluding carboxylic acids is 1. The van der Waals surface area contributed by atoms with Gasteiger partial charge in [0.15, 0.2) is 5.79 Å². The van der Waals surface area contributed by atoms with Gasteiger partial charge in [-0.15, -0.1) is 0 Å². The number of methoxy groups -OCH3 is 2. The van der Waals surface area contributed by atoms with Gasteiger partial charge >= 0.3 is 5.97 Å². The molecule has 88 valence electrons. The van der Waals surface area contributed by atoms with Gasteiger partial charge in [-0.2, -0.15) is 0 Å². The van der Waals surface area contributed by atoms with E-state index in [1.54, 1.807) is 21.1 Å². The standard InChI is InChI=1S/C11H20O4/c1-9(2)10(12)15-8-6-7-11(3,13-4)14-5/h1,6-8H2,2-5H3. The van der Waals surface area contributed by atoms with Crippen LogP contribution >= 0.6 is 0 Å². The third-order valence-corrected chi connectivity index (χ3v) is 2.22. The van der Waals surface area contributed by atoms with Crippen molar-refractivity contribution in [1.82, 2.24) is 0 Å². The summed E-state index contributed by atoms with van der Waals surface area (Å²) in [6, 6.07) is 0. The van der Waals surface area contributed by atoms with Crippen molar-refractivity contribution in [2.75, 3.05) is 20.8 Å². The van der Waals surface area contributed by atoms with Gasteiger partial charge in [0, 0.05) is 26.2 Å². The number of hydrogen-bond acceptors (Lipinski definition) is 4. The maximum Gasteiger partial charge on any atom is 0.333 e. The van der Waals surface area contributed by atoms with Crippen molar-refractivity contribution < 1.29 is 19.0 Å². The minimum Gasteiger partial charge on any atom is -0.462 e. The van der Waals surface area contributed by atoms with Gasteiger partial charge in [0.2, 0.25) is 0 Å². The number of hydrogen-bond donors (Lipinski definition) is 0. The lowest BCUT2D eigenvalue weighted by Crippen LogP contribution is -2.29. The Hall–Kier alpha value is -0.870. The second kappa shape index (κ2) is 6.58. The fourth-order valence-corrected chi connectivity index (χ4v) is 0.969. The molecular weight excluding hydrogens is 196 g/mol. The Bertz CT molecular complexity index is 219. The molecule has 0 saturated heterocycles. The van der Waals surface area contributed by atoms with Crippen molar-refractivity contribution in [2.45, 2.75) is 32.5 Å². The Morgan fingerprint density at radius 1 is 1.33 bits per heavy atom. The summed E-state index contributed by atoms with van der Waals surface area (Å²) in [6.07, 6.45) is 1.36. The predicted octanol–water partition coefficient (Wildman–Crippen LogP) is 1.89. The van der Waals surface area contributed by atoms with Crippen molar-refractivity contribution in [3.63, 3.8) is 0 Å². The molecule has 0 aliphatic carbocycles. The molecule has 0 atom stereocenters. The fraction of sp³-hybridized carbons (Fsp3) is 0.727. The minimum absolute atomic E-state index is 0.355. The fourth-order valence-electron chi connectivity index (χ4n) is 0.969. The lowest BCUT2D eigenvalue weighted by atomic mass is 10.2. The number of carbonyl (C=O) groups is 1. The van der Waals surface area contributed by atoms with Gasteiger partial charge in [-0.05, 0) is 20.3 Å². The van der Waals surface area contributed by atoms with E-state index in [9.17, 15) is 4.79 Å². The van der Waals surface area contributed by atoms with E-state index >= 15 is 0 Å². The topological polar surface area (TPSA) is 44.8 Å². The van der Waals surface area contributed by atoms with Gasteiger partial charge in [0.1, 0.15) is 0 Å². The molecule has 0 aliphatic rings. The van der Waals surface area contributed by atoms with Crippen LogP contribution in [0.25, 0.3) is 0 Å². The summed E-state index contributed by atoms with van der Waals surface area (Å²) in [5, 5.41) is 0. The average Bonchev–Trinajstić information content (AvgIpc) is 2.23. The number of ether oxygens (including phenoxy) is 3. The van der Waals surface area contributed by atoms with Crippen LogP contribution in [-0.4, -0.2) is 32.6 Å². The van der Waals surface area contributed by atoms with E-state index in [2.05, 4.69) is 6.58 Å². The maximum atomic E-state index is 11.0. The van der Waals surface area contributed by atoms with Gasteiger partial charge in [0.25, 0.3) is 0 Å². The molecule has 0 N–H and O–H groups in total. The summed E-state index contributed by atoms with van der Waals surface area (Å²) in [5.74, 6) is -0.957. The van der Waals surface area contributed by atoms with Gasteiger partial charge in [-0.1, -0.05) is 6.58 Å². The Balaban J connectivity index is 3.71. The van der Waals surface area contributed by atoms with Crippen LogP contribution in [0.4, 0.5) is 0 Å². The number of esters is 1. The van der Waals surface area contributed by atoms with Crippen molar-refractivity contribution in [1.29, 1.82) is 0 Å². The van der Waals surface area contributed by atoms with E-state index in [1.165, 1.54) is 0 Å². The van der Waals surface area contributed by atoms with Crippen LogP contribution in [0.2, 0.25) is 0 Å². The maximum absolute atomic E-state index is 11.0. The zero-order valence-corrected chi connectivity index (χ0v) is 9.96. The molecule has 0 aromatic heterocycles. The van der Waals surface area contributed by atoms with Crippen molar-refractivity contribution in [3.8, 4) is 0 Å². The van der Waals surface area contributed by atoms with Crippen LogP contribution in [0.3, 0.4) is 0 Å². The molecule has 0 heterocycles. The monoisotopic (exact) mass is 216 g/mol. The molecule has 0 saturated carbocycles.